The molecular formula is C7H12O5S. The van der Waals surface area contributed by atoms with E-state index in [9.17, 15) is 18.3 Å². The number of hydrogen-bond acceptors (Lipinski definition) is 4. The molecule has 0 aromatic heterocycles. The zero-order valence-corrected chi connectivity index (χ0v) is 7.83. The highest BCUT2D eigenvalue weighted by Crippen LogP contribution is 2.22. The molecule has 76 valence electrons. The molecule has 5 nitrogen and oxygen atoms in total. The largest absolute Gasteiger partial charge is 0.481 e. The van der Waals surface area contributed by atoms with Gasteiger partial charge in [-0.15, -0.1) is 0 Å². The van der Waals surface area contributed by atoms with Gasteiger partial charge in [-0.05, 0) is 12.3 Å². The number of hydrogen-bond donors (Lipinski definition) is 2. The first-order valence-electron chi connectivity index (χ1n) is 4.01. The van der Waals surface area contributed by atoms with Gasteiger partial charge in [0.15, 0.2) is 9.84 Å². The Kier molecular flexibility index (Phi) is 2.92. The summed E-state index contributed by atoms with van der Waals surface area (Å²) in [5.74, 6) is -1.73. The fourth-order valence-corrected chi connectivity index (χ4v) is 3.09. The van der Waals surface area contributed by atoms with Gasteiger partial charge in [-0.25, -0.2) is 8.42 Å². The first-order chi connectivity index (χ1) is 5.91. The van der Waals surface area contributed by atoms with Gasteiger partial charge >= 0.3 is 5.97 Å². The summed E-state index contributed by atoms with van der Waals surface area (Å²) in [6, 6.07) is 0. The molecule has 0 unspecified atom stereocenters. The Bertz CT molecular complexity index is 294. The molecule has 0 amide bonds. The lowest BCUT2D eigenvalue weighted by atomic mass is 9.96. The first-order valence-corrected chi connectivity index (χ1v) is 5.83. The van der Waals surface area contributed by atoms with Crippen molar-refractivity contribution in [2.75, 3.05) is 11.5 Å². The van der Waals surface area contributed by atoms with Crippen LogP contribution in [0.2, 0.25) is 0 Å². The van der Waals surface area contributed by atoms with Gasteiger partial charge < -0.3 is 10.2 Å². The molecule has 2 atom stereocenters. The molecule has 0 radical (unpaired) electrons. The molecule has 1 rings (SSSR count). The van der Waals surface area contributed by atoms with Crippen molar-refractivity contribution >= 4 is 15.8 Å². The minimum absolute atomic E-state index is 0.0119. The van der Waals surface area contributed by atoms with Gasteiger partial charge in [0.1, 0.15) is 0 Å². The Balaban J connectivity index is 2.59. The predicted octanol–water partition coefficient (Wildman–Crippen LogP) is -0.743. The molecule has 0 aromatic rings. The second-order valence-corrected chi connectivity index (χ2v) is 5.56. The third-order valence-corrected chi connectivity index (χ3v) is 3.91. The summed E-state index contributed by atoms with van der Waals surface area (Å²) in [6.07, 6.45) is -0.929. The maximum atomic E-state index is 11.0. The fourth-order valence-electron chi connectivity index (χ4n) is 1.47. The van der Waals surface area contributed by atoms with Crippen LogP contribution in [0.4, 0.5) is 0 Å². The molecule has 0 aliphatic carbocycles. The molecule has 0 spiro atoms. The molecule has 0 aromatic carbocycles. The summed E-state index contributed by atoms with van der Waals surface area (Å²) in [5, 5.41) is 17.8. The van der Waals surface area contributed by atoms with Crippen molar-refractivity contribution in [1.29, 1.82) is 0 Å². The maximum Gasteiger partial charge on any atom is 0.303 e. The number of aliphatic carboxylic acids is 1. The van der Waals surface area contributed by atoms with Gasteiger partial charge in [-0.2, -0.15) is 0 Å². The maximum absolute atomic E-state index is 11.0. The Hall–Kier alpha value is -0.620. The van der Waals surface area contributed by atoms with E-state index in [1.165, 1.54) is 0 Å². The second kappa shape index (κ2) is 3.63. The molecule has 1 heterocycles. The molecule has 1 aliphatic heterocycles. The number of aliphatic hydroxyl groups excluding tert-OH is 1. The van der Waals surface area contributed by atoms with Gasteiger partial charge in [0, 0.05) is 0 Å². The van der Waals surface area contributed by atoms with Crippen LogP contribution in [-0.2, 0) is 14.6 Å². The van der Waals surface area contributed by atoms with E-state index in [1.54, 1.807) is 0 Å². The Morgan fingerprint density at radius 3 is 2.54 bits per heavy atom. The highest BCUT2D eigenvalue weighted by atomic mass is 32.2. The lowest BCUT2D eigenvalue weighted by Crippen LogP contribution is -2.37. The van der Waals surface area contributed by atoms with Gasteiger partial charge in [0.2, 0.25) is 0 Å². The van der Waals surface area contributed by atoms with Crippen LogP contribution in [0.3, 0.4) is 0 Å². The minimum atomic E-state index is -3.14. The lowest BCUT2D eigenvalue weighted by Gasteiger charge is -2.25. The molecule has 6 heteroatoms. The minimum Gasteiger partial charge on any atom is -0.481 e. The SMILES string of the molecule is O=C(O)C[C@H]1CCS(=O)(=O)C[C@H]1O. The van der Waals surface area contributed by atoms with Gasteiger partial charge in [0.25, 0.3) is 0 Å². The average molecular weight is 208 g/mol. The van der Waals surface area contributed by atoms with Crippen LogP contribution in [0.5, 0.6) is 0 Å². The van der Waals surface area contributed by atoms with Crippen molar-refractivity contribution in [1.82, 2.24) is 0 Å². The zero-order chi connectivity index (χ0) is 10.1. The van der Waals surface area contributed by atoms with Gasteiger partial charge in [0.05, 0.1) is 24.0 Å². The van der Waals surface area contributed by atoms with E-state index in [1.807, 2.05) is 0 Å². The van der Waals surface area contributed by atoms with Crippen LogP contribution in [0, 0.1) is 5.92 Å². The van der Waals surface area contributed by atoms with Crippen molar-refractivity contribution in [2.45, 2.75) is 18.9 Å². The average Bonchev–Trinajstić information content (AvgIpc) is 1.93. The van der Waals surface area contributed by atoms with E-state index in [0.717, 1.165) is 0 Å². The van der Waals surface area contributed by atoms with Gasteiger partial charge in [-0.3, -0.25) is 4.79 Å². The fraction of sp³-hybridized carbons (Fsp3) is 0.857. The highest BCUT2D eigenvalue weighted by molar-refractivity contribution is 7.91. The summed E-state index contributed by atoms with van der Waals surface area (Å²) in [4.78, 5) is 10.3. The molecule has 1 fully saturated rings. The molecule has 1 aliphatic rings. The monoisotopic (exact) mass is 208 g/mol. The number of carboxylic acid groups (broad SMARTS) is 1. The zero-order valence-electron chi connectivity index (χ0n) is 7.01. The molecule has 0 saturated carbocycles. The highest BCUT2D eigenvalue weighted by Gasteiger charge is 2.32. The van der Waals surface area contributed by atoms with Gasteiger partial charge in [-0.1, -0.05) is 0 Å². The van der Waals surface area contributed by atoms with Crippen molar-refractivity contribution < 1.29 is 23.4 Å². The normalized spacial score (nSPS) is 32.7. The van der Waals surface area contributed by atoms with Crippen LogP contribution >= 0.6 is 0 Å². The van der Waals surface area contributed by atoms with E-state index in [-0.39, 0.29) is 24.3 Å². The van der Waals surface area contributed by atoms with Crippen LogP contribution in [0.25, 0.3) is 0 Å². The summed E-state index contributed by atoms with van der Waals surface area (Å²) < 4.78 is 22.0. The number of sulfone groups is 1. The van der Waals surface area contributed by atoms with Crippen molar-refractivity contribution in [3.8, 4) is 0 Å². The molecule has 1 saturated heterocycles. The van der Waals surface area contributed by atoms with Crippen LogP contribution < -0.4 is 0 Å². The van der Waals surface area contributed by atoms with E-state index >= 15 is 0 Å². The summed E-state index contributed by atoms with van der Waals surface area (Å²) in [7, 11) is -3.14. The quantitative estimate of drug-likeness (QED) is 0.623. The van der Waals surface area contributed by atoms with Crippen LogP contribution in [-0.4, -0.2) is 42.2 Å². The first kappa shape index (κ1) is 10.5. The van der Waals surface area contributed by atoms with Crippen LogP contribution in [0.1, 0.15) is 12.8 Å². The van der Waals surface area contributed by atoms with Crippen molar-refractivity contribution in [3.63, 3.8) is 0 Å². The number of carbonyl (C=O) groups is 1. The van der Waals surface area contributed by atoms with Crippen molar-refractivity contribution in [2.24, 2.45) is 5.92 Å². The smallest absolute Gasteiger partial charge is 0.303 e. The second-order valence-electron chi connectivity index (χ2n) is 3.33. The number of rotatable bonds is 2. The molecular weight excluding hydrogens is 196 g/mol. The van der Waals surface area contributed by atoms with E-state index < -0.39 is 27.8 Å². The molecule has 2 N–H and O–H groups in total. The topological polar surface area (TPSA) is 91.7 Å². The van der Waals surface area contributed by atoms with E-state index in [2.05, 4.69) is 0 Å². The summed E-state index contributed by atoms with van der Waals surface area (Å²) in [5.41, 5.74) is 0. The Morgan fingerprint density at radius 1 is 1.46 bits per heavy atom. The number of carboxylic acids is 1. The number of aliphatic hydroxyl groups is 1. The van der Waals surface area contributed by atoms with Crippen molar-refractivity contribution in [3.05, 3.63) is 0 Å². The molecule has 0 bridgehead atoms. The lowest BCUT2D eigenvalue weighted by molar-refractivity contribution is -0.139. The Morgan fingerprint density at radius 2 is 2.08 bits per heavy atom. The van der Waals surface area contributed by atoms with E-state index in [0.29, 0.717) is 0 Å². The van der Waals surface area contributed by atoms with E-state index in [4.69, 9.17) is 5.11 Å². The summed E-state index contributed by atoms with van der Waals surface area (Å²) >= 11 is 0. The third-order valence-electron chi connectivity index (χ3n) is 2.21. The van der Waals surface area contributed by atoms with Crippen LogP contribution in [0.15, 0.2) is 0 Å². The standard InChI is InChI=1S/C7H12O5S/c8-6-4-13(11,12)2-1-5(6)3-7(9)10/h5-6,8H,1-4H2,(H,9,10)/t5-,6-/m1/s1. The predicted molar refractivity (Wildman–Crippen MR) is 45.0 cm³/mol. The summed E-state index contributed by atoms with van der Waals surface area (Å²) in [6.45, 7) is 0. The Labute approximate surface area is 76.3 Å². The third kappa shape index (κ3) is 2.96. The molecule has 13 heavy (non-hydrogen) atoms.